The first-order valence-electron chi connectivity index (χ1n) is 9.67. The first-order valence-corrected chi connectivity index (χ1v) is 9.67. The van der Waals surface area contributed by atoms with Gasteiger partial charge in [-0.05, 0) is 37.6 Å². The smallest absolute Gasteiger partial charge is 0.273 e. The summed E-state index contributed by atoms with van der Waals surface area (Å²) in [6, 6.07) is 3.97. The topological polar surface area (TPSA) is 141 Å². The maximum Gasteiger partial charge on any atom is 0.273 e. The Morgan fingerprint density at radius 1 is 1.28 bits per heavy atom. The number of anilines is 3. The molecule has 2 fully saturated rings. The van der Waals surface area contributed by atoms with Gasteiger partial charge in [0.05, 0.1) is 18.1 Å². The molecule has 4 N–H and O–H groups in total. The van der Waals surface area contributed by atoms with Crippen molar-refractivity contribution in [1.29, 1.82) is 5.26 Å². The maximum absolute atomic E-state index is 12.3. The fourth-order valence-electron chi connectivity index (χ4n) is 4.16. The summed E-state index contributed by atoms with van der Waals surface area (Å²) in [5.41, 5.74) is 1.49. The normalized spacial score (nSPS) is 23.0. The first kappa shape index (κ1) is 19.0. The third-order valence-corrected chi connectivity index (χ3v) is 5.65. The Bertz CT molecular complexity index is 932. The monoisotopic (exact) mass is 393 g/mol. The van der Waals surface area contributed by atoms with Gasteiger partial charge in [-0.1, -0.05) is 0 Å². The van der Waals surface area contributed by atoms with Gasteiger partial charge in [0.25, 0.3) is 5.91 Å². The number of aromatic nitrogens is 4. The van der Waals surface area contributed by atoms with E-state index in [9.17, 15) is 4.79 Å². The Labute approximate surface area is 168 Å². The van der Waals surface area contributed by atoms with Gasteiger partial charge in [0, 0.05) is 25.7 Å². The van der Waals surface area contributed by atoms with Crippen molar-refractivity contribution in [3.63, 3.8) is 0 Å². The molecule has 0 aromatic carbocycles. The lowest BCUT2D eigenvalue weighted by molar-refractivity contribution is 0.0958. The number of hydrogen-bond donors (Lipinski definition) is 4. The molecular weight excluding hydrogens is 370 g/mol. The predicted octanol–water partition coefficient (Wildman–Crippen LogP) is 1.19. The van der Waals surface area contributed by atoms with Crippen molar-refractivity contribution in [2.75, 3.05) is 30.8 Å². The Balaban J connectivity index is 1.54. The van der Waals surface area contributed by atoms with Crippen molar-refractivity contribution in [1.82, 2.24) is 30.8 Å². The van der Waals surface area contributed by atoms with Gasteiger partial charge in [0.2, 0.25) is 0 Å². The Kier molecular flexibility index (Phi) is 5.22. The second-order valence-electron chi connectivity index (χ2n) is 7.61. The Morgan fingerprint density at radius 2 is 2.17 bits per heavy atom. The van der Waals surface area contributed by atoms with E-state index in [1.807, 2.05) is 6.07 Å². The van der Waals surface area contributed by atoms with Crippen LogP contribution in [0.5, 0.6) is 0 Å². The van der Waals surface area contributed by atoms with Crippen LogP contribution in [-0.4, -0.2) is 52.3 Å². The zero-order valence-corrected chi connectivity index (χ0v) is 16.2. The molecule has 2 aliphatic rings. The number of nitrogens with zero attached hydrogens (tertiary/aromatic N) is 5. The Hall–Kier alpha value is -3.32. The van der Waals surface area contributed by atoms with Crippen molar-refractivity contribution in [3.8, 4) is 6.07 Å². The van der Waals surface area contributed by atoms with Crippen molar-refractivity contribution < 1.29 is 4.79 Å². The minimum Gasteiger partial charge on any atom is -0.380 e. The molecule has 10 nitrogen and oxygen atoms in total. The zero-order chi connectivity index (χ0) is 20.3. The first-order chi connectivity index (χ1) is 14.1. The van der Waals surface area contributed by atoms with Crippen LogP contribution >= 0.6 is 0 Å². The van der Waals surface area contributed by atoms with Crippen LogP contribution in [0.3, 0.4) is 0 Å². The van der Waals surface area contributed by atoms with Crippen molar-refractivity contribution in [2.24, 2.45) is 5.41 Å². The van der Waals surface area contributed by atoms with Crippen LogP contribution < -0.4 is 21.3 Å². The molecule has 2 atom stereocenters. The molecule has 0 bridgehead atoms. The third-order valence-electron chi connectivity index (χ3n) is 5.65. The number of carbonyl (C=O) groups excluding carboxylic acids is 1. The van der Waals surface area contributed by atoms with E-state index in [1.54, 1.807) is 13.1 Å². The lowest BCUT2D eigenvalue weighted by Crippen LogP contribution is -2.26. The van der Waals surface area contributed by atoms with E-state index in [-0.39, 0.29) is 23.3 Å². The number of nitrogens with one attached hydrogen (secondary N) is 4. The number of nitriles is 1. The molecule has 1 aliphatic carbocycles. The highest BCUT2D eigenvalue weighted by atomic mass is 16.1. The molecule has 150 valence electrons. The summed E-state index contributed by atoms with van der Waals surface area (Å²) in [5, 5.41) is 29.6. The van der Waals surface area contributed by atoms with Gasteiger partial charge < -0.3 is 21.3 Å². The van der Waals surface area contributed by atoms with Crippen molar-refractivity contribution >= 4 is 23.2 Å². The van der Waals surface area contributed by atoms with Crippen LogP contribution in [-0.2, 0) is 0 Å². The van der Waals surface area contributed by atoms with Crippen molar-refractivity contribution in [3.05, 3.63) is 29.8 Å². The Morgan fingerprint density at radius 3 is 2.86 bits per heavy atom. The molecule has 1 saturated carbocycles. The van der Waals surface area contributed by atoms with Gasteiger partial charge in [0.15, 0.2) is 17.2 Å². The molecule has 4 rings (SSSR count). The molecule has 0 radical (unpaired) electrons. The quantitative estimate of drug-likeness (QED) is 0.589. The van der Waals surface area contributed by atoms with Gasteiger partial charge in [-0.3, -0.25) is 4.79 Å². The van der Waals surface area contributed by atoms with Crippen LogP contribution in [0.15, 0.2) is 18.5 Å². The molecule has 2 unspecified atom stereocenters. The van der Waals surface area contributed by atoms with Gasteiger partial charge in [-0.2, -0.15) is 5.26 Å². The minimum atomic E-state index is -0.292. The second kappa shape index (κ2) is 7.97. The minimum absolute atomic E-state index is 0.232. The molecule has 10 heteroatoms. The van der Waals surface area contributed by atoms with Crippen LogP contribution in [0, 0.1) is 16.7 Å². The van der Waals surface area contributed by atoms with Crippen LogP contribution in [0.2, 0.25) is 0 Å². The number of carbonyl (C=O) groups is 1. The van der Waals surface area contributed by atoms with Gasteiger partial charge in [-0.15, -0.1) is 10.2 Å². The molecule has 2 aromatic rings. The number of hydrogen-bond acceptors (Lipinski definition) is 9. The van der Waals surface area contributed by atoms with Crippen molar-refractivity contribution in [2.45, 2.75) is 31.7 Å². The summed E-state index contributed by atoms with van der Waals surface area (Å²) in [6.45, 7) is 2.14. The van der Waals surface area contributed by atoms with Gasteiger partial charge in [-0.25, -0.2) is 9.97 Å². The van der Waals surface area contributed by atoms with Crippen LogP contribution in [0.1, 0.15) is 41.9 Å². The summed E-state index contributed by atoms with van der Waals surface area (Å²) in [5.74, 6) is 0.586. The molecular formula is C19H23N9O. The van der Waals surface area contributed by atoms with E-state index in [2.05, 4.69) is 41.4 Å². The van der Waals surface area contributed by atoms with E-state index < -0.39 is 0 Å². The summed E-state index contributed by atoms with van der Waals surface area (Å²) >= 11 is 0. The van der Waals surface area contributed by atoms with Gasteiger partial charge in [0.1, 0.15) is 11.9 Å². The highest BCUT2D eigenvalue weighted by molar-refractivity contribution is 5.97. The third kappa shape index (κ3) is 4.09. The van der Waals surface area contributed by atoms with E-state index in [0.29, 0.717) is 22.7 Å². The molecule has 29 heavy (non-hydrogen) atoms. The van der Waals surface area contributed by atoms with Crippen LogP contribution in [0.25, 0.3) is 0 Å². The molecule has 2 aromatic heterocycles. The average Bonchev–Trinajstić information content (AvgIpc) is 3.37. The van der Waals surface area contributed by atoms with E-state index in [4.69, 9.17) is 5.26 Å². The number of rotatable bonds is 5. The molecule has 1 amide bonds. The summed E-state index contributed by atoms with van der Waals surface area (Å²) in [4.78, 5) is 20.4. The summed E-state index contributed by atoms with van der Waals surface area (Å²) in [7, 11) is 1.57. The average molecular weight is 393 g/mol. The van der Waals surface area contributed by atoms with Crippen LogP contribution in [0.4, 0.5) is 17.3 Å². The van der Waals surface area contributed by atoms with E-state index in [1.165, 1.54) is 25.2 Å². The fraction of sp³-hybridized carbons (Fsp3) is 0.474. The summed E-state index contributed by atoms with van der Waals surface area (Å²) in [6.07, 6.45) is 7.33. The standard InChI is InChI=1S/C19H23N9O/c1-21-18(29)17-14(25-12-2-3-19(7-12)4-5-22-11-19)6-15(27-28-17)26-16-10-23-13(8-20)9-24-16/h6,9-10,12,22H,2-5,7,11H2,1H3,(H,21,29)(H2,24,25,26,27). The lowest BCUT2D eigenvalue weighted by Gasteiger charge is -2.22. The summed E-state index contributed by atoms with van der Waals surface area (Å²) < 4.78 is 0. The molecule has 1 spiro atoms. The largest absolute Gasteiger partial charge is 0.380 e. The highest BCUT2D eigenvalue weighted by Crippen LogP contribution is 2.43. The molecule has 3 heterocycles. The molecule has 1 saturated heterocycles. The SMILES string of the molecule is CNC(=O)c1nnc(Nc2cnc(C#N)cn2)cc1NC1CCC2(CCNC2)C1. The highest BCUT2D eigenvalue weighted by Gasteiger charge is 2.41. The fourth-order valence-corrected chi connectivity index (χ4v) is 4.16. The van der Waals surface area contributed by atoms with Gasteiger partial charge >= 0.3 is 0 Å². The van der Waals surface area contributed by atoms with E-state index in [0.717, 1.165) is 25.9 Å². The maximum atomic E-state index is 12.3. The predicted molar refractivity (Wildman–Crippen MR) is 107 cm³/mol. The lowest BCUT2D eigenvalue weighted by atomic mass is 9.85. The molecule has 1 aliphatic heterocycles. The number of amides is 1. The van der Waals surface area contributed by atoms with E-state index >= 15 is 0 Å². The second-order valence-corrected chi connectivity index (χ2v) is 7.61. The zero-order valence-electron chi connectivity index (χ0n) is 16.2.